The first-order valence-corrected chi connectivity index (χ1v) is 6.05. The van der Waals surface area contributed by atoms with Crippen molar-refractivity contribution >= 4 is 22.9 Å². The van der Waals surface area contributed by atoms with E-state index in [-0.39, 0.29) is 11.8 Å². The number of hydrogen-bond donors (Lipinski definition) is 1. The molecule has 4 heteroatoms. The van der Waals surface area contributed by atoms with Gasteiger partial charge in [-0.2, -0.15) is 0 Å². The number of carbonyl (C=O) groups is 1. The summed E-state index contributed by atoms with van der Waals surface area (Å²) in [6.45, 7) is 2.86. The number of fused-ring (bicyclic) bond motifs is 1. The van der Waals surface area contributed by atoms with E-state index in [9.17, 15) is 4.79 Å². The Labute approximate surface area is 99.6 Å². The number of rotatable bonds is 3. The number of carbonyl (C=O) groups excluding carboxylic acids is 1. The minimum atomic E-state index is 0.106. The van der Waals surface area contributed by atoms with Gasteiger partial charge in [-0.1, -0.05) is 12.1 Å². The summed E-state index contributed by atoms with van der Waals surface area (Å²) in [5, 5.41) is 2.93. The molecule has 0 radical (unpaired) electrons. The molecule has 0 spiro atoms. The van der Waals surface area contributed by atoms with Crippen LogP contribution in [0.5, 0.6) is 0 Å². The fourth-order valence-electron chi connectivity index (χ4n) is 2.05. The molecule has 1 aliphatic rings. The van der Waals surface area contributed by atoms with E-state index in [0.29, 0.717) is 5.95 Å². The summed E-state index contributed by atoms with van der Waals surface area (Å²) in [7, 11) is 0. The molecule has 1 aromatic carbocycles. The van der Waals surface area contributed by atoms with Gasteiger partial charge < -0.3 is 4.57 Å². The Morgan fingerprint density at radius 3 is 2.94 bits per heavy atom. The number of benzene rings is 1. The van der Waals surface area contributed by atoms with Gasteiger partial charge in [0.05, 0.1) is 11.0 Å². The number of aryl methyl sites for hydroxylation is 1. The van der Waals surface area contributed by atoms with Gasteiger partial charge in [0.2, 0.25) is 11.9 Å². The molecule has 2 aromatic rings. The standard InChI is InChI=1S/C13H15N3O/c1-2-16-11-6-4-3-5-10(11)14-13(16)15-12(17)9-7-8-9/h3-6,9H,2,7-8H2,1H3,(H,14,15,17). The zero-order valence-corrected chi connectivity index (χ0v) is 9.81. The van der Waals surface area contributed by atoms with Crippen LogP contribution in [0.15, 0.2) is 24.3 Å². The molecule has 1 aliphatic carbocycles. The fourth-order valence-corrected chi connectivity index (χ4v) is 2.05. The van der Waals surface area contributed by atoms with Crippen LogP contribution in [0.4, 0.5) is 5.95 Å². The second kappa shape index (κ2) is 3.87. The Balaban J connectivity index is 1.99. The van der Waals surface area contributed by atoms with E-state index in [4.69, 9.17) is 0 Å². The van der Waals surface area contributed by atoms with Gasteiger partial charge in [0.15, 0.2) is 0 Å². The van der Waals surface area contributed by atoms with Gasteiger partial charge in [0, 0.05) is 12.5 Å². The number of nitrogens with one attached hydrogen (secondary N) is 1. The van der Waals surface area contributed by atoms with E-state index in [1.807, 2.05) is 28.8 Å². The predicted octanol–water partition coefficient (Wildman–Crippen LogP) is 2.40. The molecule has 0 bridgehead atoms. The van der Waals surface area contributed by atoms with Crippen molar-refractivity contribution in [3.63, 3.8) is 0 Å². The Morgan fingerprint density at radius 1 is 1.47 bits per heavy atom. The number of aromatic nitrogens is 2. The molecular formula is C13H15N3O. The molecule has 88 valence electrons. The molecule has 0 aliphatic heterocycles. The quantitative estimate of drug-likeness (QED) is 0.878. The van der Waals surface area contributed by atoms with Gasteiger partial charge in [-0.3, -0.25) is 10.1 Å². The van der Waals surface area contributed by atoms with Crippen LogP contribution in [0.3, 0.4) is 0 Å². The first kappa shape index (κ1) is 10.3. The molecule has 0 atom stereocenters. The number of para-hydroxylation sites is 2. The minimum absolute atomic E-state index is 0.106. The third-order valence-corrected chi connectivity index (χ3v) is 3.15. The monoisotopic (exact) mass is 229 g/mol. The highest BCUT2D eigenvalue weighted by Gasteiger charge is 2.30. The first-order valence-electron chi connectivity index (χ1n) is 6.05. The normalized spacial score (nSPS) is 15.1. The van der Waals surface area contributed by atoms with Crippen molar-refractivity contribution in [2.45, 2.75) is 26.3 Å². The van der Waals surface area contributed by atoms with E-state index in [2.05, 4.69) is 17.2 Å². The van der Waals surface area contributed by atoms with Crippen LogP contribution in [0, 0.1) is 5.92 Å². The molecule has 1 saturated carbocycles. The van der Waals surface area contributed by atoms with Crippen molar-refractivity contribution in [2.75, 3.05) is 5.32 Å². The van der Waals surface area contributed by atoms with Crippen molar-refractivity contribution in [3.05, 3.63) is 24.3 Å². The number of nitrogens with zero attached hydrogens (tertiary/aromatic N) is 2. The average molecular weight is 229 g/mol. The highest BCUT2D eigenvalue weighted by atomic mass is 16.2. The topological polar surface area (TPSA) is 46.9 Å². The molecule has 17 heavy (non-hydrogen) atoms. The summed E-state index contributed by atoms with van der Waals surface area (Å²) in [5.41, 5.74) is 2.00. The Hall–Kier alpha value is -1.84. The molecule has 1 heterocycles. The summed E-state index contributed by atoms with van der Waals surface area (Å²) in [4.78, 5) is 16.2. The molecule has 3 rings (SSSR count). The minimum Gasteiger partial charge on any atom is -0.310 e. The van der Waals surface area contributed by atoms with Crippen molar-refractivity contribution in [2.24, 2.45) is 5.92 Å². The van der Waals surface area contributed by atoms with E-state index in [0.717, 1.165) is 30.4 Å². The summed E-state index contributed by atoms with van der Waals surface area (Å²) >= 11 is 0. The highest BCUT2D eigenvalue weighted by molar-refractivity contribution is 5.94. The third-order valence-electron chi connectivity index (χ3n) is 3.15. The van der Waals surface area contributed by atoms with Gasteiger partial charge in [0.1, 0.15) is 0 Å². The maximum Gasteiger partial charge on any atom is 0.229 e. The van der Waals surface area contributed by atoms with Crippen molar-refractivity contribution in [3.8, 4) is 0 Å². The van der Waals surface area contributed by atoms with Crippen molar-refractivity contribution in [1.29, 1.82) is 0 Å². The van der Waals surface area contributed by atoms with Crippen LogP contribution >= 0.6 is 0 Å². The molecule has 4 nitrogen and oxygen atoms in total. The predicted molar refractivity (Wildman–Crippen MR) is 66.8 cm³/mol. The zero-order chi connectivity index (χ0) is 11.8. The van der Waals surface area contributed by atoms with Crippen LogP contribution in [-0.2, 0) is 11.3 Å². The first-order chi connectivity index (χ1) is 8.29. The summed E-state index contributed by atoms with van der Waals surface area (Å²) in [5.74, 6) is 0.987. The fraction of sp³-hybridized carbons (Fsp3) is 0.385. The average Bonchev–Trinajstić information content (AvgIpc) is 3.11. The van der Waals surface area contributed by atoms with E-state index in [1.165, 1.54) is 0 Å². The summed E-state index contributed by atoms with van der Waals surface area (Å²) < 4.78 is 2.04. The van der Waals surface area contributed by atoms with Gasteiger partial charge in [0.25, 0.3) is 0 Å². The largest absolute Gasteiger partial charge is 0.310 e. The van der Waals surface area contributed by atoms with Gasteiger partial charge in [-0.25, -0.2) is 4.98 Å². The summed E-state index contributed by atoms with van der Waals surface area (Å²) in [6, 6.07) is 7.94. The van der Waals surface area contributed by atoms with E-state index < -0.39 is 0 Å². The van der Waals surface area contributed by atoms with Crippen molar-refractivity contribution in [1.82, 2.24) is 9.55 Å². The summed E-state index contributed by atoms with van der Waals surface area (Å²) in [6.07, 6.45) is 2.02. The molecule has 0 unspecified atom stereocenters. The van der Waals surface area contributed by atoms with Gasteiger partial charge >= 0.3 is 0 Å². The lowest BCUT2D eigenvalue weighted by Crippen LogP contribution is -2.16. The molecule has 1 fully saturated rings. The number of amides is 1. The van der Waals surface area contributed by atoms with Crippen LogP contribution in [0.25, 0.3) is 11.0 Å². The van der Waals surface area contributed by atoms with Crippen LogP contribution in [-0.4, -0.2) is 15.5 Å². The Kier molecular flexibility index (Phi) is 2.35. The Bertz CT molecular complexity index is 569. The number of anilines is 1. The third kappa shape index (κ3) is 1.79. The van der Waals surface area contributed by atoms with Crippen LogP contribution < -0.4 is 5.32 Å². The lowest BCUT2D eigenvalue weighted by Gasteiger charge is -2.06. The molecule has 0 saturated heterocycles. The SMILES string of the molecule is CCn1c(NC(=O)C2CC2)nc2ccccc21. The molecule has 1 amide bonds. The number of imidazole rings is 1. The van der Waals surface area contributed by atoms with Crippen LogP contribution in [0.1, 0.15) is 19.8 Å². The smallest absolute Gasteiger partial charge is 0.229 e. The van der Waals surface area contributed by atoms with Gasteiger partial charge in [-0.15, -0.1) is 0 Å². The van der Waals surface area contributed by atoms with Crippen molar-refractivity contribution < 1.29 is 4.79 Å². The maximum atomic E-state index is 11.8. The van der Waals surface area contributed by atoms with E-state index >= 15 is 0 Å². The second-order valence-electron chi connectivity index (χ2n) is 4.43. The molecule has 1 aromatic heterocycles. The molecule has 1 N–H and O–H groups in total. The second-order valence-corrected chi connectivity index (χ2v) is 4.43. The lowest BCUT2D eigenvalue weighted by atomic mass is 10.3. The zero-order valence-electron chi connectivity index (χ0n) is 9.81. The molecular weight excluding hydrogens is 214 g/mol. The lowest BCUT2D eigenvalue weighted by molar-refractivity contribution is -0.117. The van der Waals surface area contributed by atoms with Gasteiger partial charge in [-0.05, 0) is 31.9 Å². The maximum absolute atomic E-state index is 11.8. The highest BCUT2D eigenvalue weighted by Crippen LogP contribution is 2.30. The Morgan fingerprint density at radius 2 is 2.24 bits per heavy atom. The van der Waals surface area contributed by atoms with Crippen LogP contribution in [0.2, 0.25) is 0 Å². The number of hydrogen-bond acceptors (Lipinski definition) is 2. The van der Waals surface area contributed by atoms with E-state index in [1.54, 1.807) is 0 Å².